The van der Waals surface area contributed by atoms with E-state index in [-0.39, 0.29) is 11.7 Å². The Labute approximate surface area is 87.4 Å². The molecule has 1 saturated heterocycles. The first-order valence-corrected chi connectivity index (χ1v) is 4.83. The molecular formula is C11H12O4. The van der Waals surface area contributed by atoms with Gasteiger partial charge in [-0.1, -0.05) is 0 Å². The molecule has 0 aromatic heterocycles. The second kappa shape index (κ2) is 4.31. The average molecular weight is 208 g/mol. The number of carbonyl (C=O) groups is 1. The number of hydrogen-bond donors (Lipinski definition) is 1. The summed E-state index contributed by atoms with van der Waals surface area (Å²) >= 11 is 0. The minimum atomic E-state index is -0.925. The van der Waals surface area contributed by atoms with Crippen molar-refractivity contribution in [2.45, 2.75) is 12.5 Å². The van der Waals surface area contributed by atoms with Gasteiger partial charge in [0.15, 0.2) is 0 Å². The predicted molar refractivity (Wildman–Crippen MR) is 53.3 cm³/mol. The number of carboxylic acids is 1. The number of benzene rings is 1. The van der Waals surface area contributed by atoms with Gasteiger partial charge in [0.25, 0.3) is 0 Å². The molecule has 0 radical (unpaired) electrons. The summed E-state index contributed by atoms with van der Waals surface area (Å²) in [4.78, 5) is 10.6. The number of hydrogen-bond acceptors (Lipinski definition) is 3. The van der Waals surface area contributed by atoms with Crippen molar-refractivity contribution >= 4 is 5.97 Å². The van der Waals surface area contributed by atoms with E-state index in [1.165, 1.54) is 12.1 Å². The van der Waals surface area contributed by atoms with Crippen LogP contribution in [0.15, 0.2) is 24.3 Å². The fourth-order valence-corrected chi connectivity index (χ4v) is 1.47. The van der Waals surface area contributed by atoms with Gasteiger partial charge < -0.3 is 14.6 Å². The summed E-state index contributed by atoms with van der Waals surface area (Å²) in [6.07, 6.45) is 0.987. The Morgan fingerprint density at radius 3 is 2.67 bits per heavy atom. The maximum absolute atomic E-state index is 10.6. The van der Waals surface area contributed by atoms with Gasteiger partial charge in [-0.3, -0.25) is 0 Å². The Balaban J connectivity index is 2.00. The molecule has 80 valence electrons. The highest BCUT2D eigenvalue weighted by Crippen LogP contribution is 2.17. The van der Waals surface area contributed by atoms with E-state index in [4.69, 9.17) is 14.6 Å². The molecule has 1 aromatic rings. The van der Waals surface area contributed by atoms with Crippen LogP contribution in [-0.2, 0) is 4.74 Å². The van der Waals surface area contributed by atoms with Gasteiger partial charge in [0, 0.05) is 6.42 Å². The van der Waals surface area contributed by atoms with E-state index < -0.39 is 5.97 Å². The number of rotatable bonds is 3. The lowest BCUT2D eigenvalue weighted by atomic mass is 10.2. The predicted octanol–water partition coefficient (Wildman–Crippen LogP) is 1.55. The minimum Gasteiger partial charge on any atom is -0.488 e. The maximum atomic E-state index is 10.6. The molecule has 0 spiro atoms. The minimum absolute atomic E-state index is 0.0979. The molecule has 4 heteroatoms. The molecule has 0 bridgehead atoms. The highest BCUT2D eigenvalue weighted by Gasteiger charge is 2.17. The lowest BCUT2D eigenvalue weighted by Crippen LogP contribution is -2.15. The zero-order chi connectivity index (χ0) is 10.7. The van der Waals surface area contributed by atoms with Crippen LogP contribution in [0.2, 0.25) is 0 Å². The first-order chi connectivity index (χ1) is 7.25. The largest absolute Gasteiger partial charge is 0.488 e. The normalized spacial score (nSPS) is 20.1. The van der Waals surface area contributed by atoms with E-state index in [9.17, 15) is 4.79 Å². The molecule has 1 aliphatic heterocycles. The Hall–Kier alpha value is -1.55. The van der Waals surface area contributed by atoms with Crippen molar-refractivity contribution in [3.63, 3.8) is 0 Å². The molecule has 0 saturated carbocycles. The monoisotopic (exact) mass is 208 g/mol. The topological polar surface area (TPSA) is 55.8 Å². The molecule has 1 N–H and O–H groups in total. The van der Waals surface area contributed by atoms with Crippen molar-refractivity contribution in [3.05, 3.63) is 29.8 Å². The van der Waals surface area contributed by atoms with E-state index in [2.05, 4.69) is 0 Å². The van der Waals surface area contributed by atoms with Crippen molar-refractivity contribution in [1.29, 1.82) is 0 Å². The van der Waals surface area contributed by atoms with E-state index in [0.717, 1.165) is 13.0 Å². The second-order valence-electron chi connectivity index (χ2n) is 3.43. The molecule has 0 unspecified atom stereocenters. The fraction of sp³-hybridized carbons (Fsp3) is 0.364. The molecule has 15 heavy (non-hydrogen) atoms. The van der Waals surface area contributed by atoms with Crippen molar-refractivity contribution in [2.24, 2.45) is 0 Å². The third-order valence-electron chi connectivity index (χ3n) is 2.29. The third kappa shape index (κ3) is 2.47. The molecule has 2 rings (SSSR count). The van der Waals surface area contributed by atoms with Gasteiger partial charge in [-0.05, 0) is 24.3 Å². The summed E-state index contributed by atoms with van der Waals surface area (Å²) in [5.41, 5.74) is 0.269. The number of ether oxygens (including phenoxy) is 2. The van der Waals surface area contributed by atoms with E-state index >= 15 is 0 Å². The van der Waals surface area contributed by atoms with Gasteiger partial charge in [-0.2, -0.15) is 0 Å². The van der Waals surface area contributed by atoms with Gasteiger partial charge in [-0.15, -0.1) is 0 Å². The Morgan fingerprint density at radius 1 is 1.40 bits per heavy atom. The third-order valence-corrected chi connectivity index (χ3v) is 2.29. The summed E-state index contributed by atoms with van der Waals surface area (Å²) in [7, 11) is 0. The molecule has 0 amide bonds. The van der Waals surface area contributed by atoms with Gasteiger partial charge >= 0.3 is 5.97 Å². The van der Waals surface area contributed by atoms with Crippen molar-refractivity contribution in [2.75, 3.05) is 13.2 Å². The maximum Gasteiger partial charge on any atom is 0.335 e. The van der Waals surface area contributed by atoms with E-state index in [1.54, 1.807) is 12.1 Å². The fourth-order valence-electron chi connectivity index (χ4n) is 1.47. The van der Waals surface area contributed by atoms with Crippen LogP contribution < -0.4 is 4.74 Å². The molecule has 4 nitrogen and oxygen atoms in total. The van der Waals surface area contributed by atoms with Gasteiger partial charge in [0.2, 0.25) is 0 Å². The van der Waals surface area contributed by atoms with Crippen LogP contribution >= 0.6 is 0 Å². The average Bonchev–Trinajstić information content (AvgIpc) is 2.71. The second-order valence-corrected chi connectivity index (χ2v) is 3.43. The Morgan fingerprint density at radius 2 is 2.13 bits per heavy atom. The molecule has 1 aliphatic rings. The number of aromatic carboxylic acids is 1. The van der Waals surface area contributed by atoms with E-state index in [0.29, 0.717) is 12.4 Å². The van der Waals surface area contributed by atoms with Crippen LogP contribution in [0.4, 0.5) is 0 Å². The number of carboxylic acid groups (broad SMARTS) is 1. The highest BCUT2D eigenvalue weighted by molar-refractivity contribution is 5.87. The standard InChI is InChI=1S/C11H12O4/c12-11(13)8-1-3-9(4-2-8)15-10-5-6-14-7-10/h1-4,10H,5-7H2,(H,12,13)/t10-/m1/s1. The summed E-state index contributed by atoms with van der Waals surface area (Å²) in [6, 6.07) is 6.41. The van der Waals surface area contributed by atoms with Crippen molar-refractivity contribution in [3.8, 4) is 5.75 Å². The summed E-state index contributed by atoms with van der Waals surface area (Å²) < 4.78 is 10.8. The molecule has 1 atom stereocenters. The quantitative estimate of drug-likeness (QED) is 0.818. The van der Waals surface area contributed by atoms with Crippen molar-refractivity contribution < 1.29 is 19.4 Å². The lowest BCUT2D eigenvalue weighted by Gasteiger charge is -2.11. The zero-order valence-corrected chi connectivity index (χ0v) is 8.18. The van der Waals surface area contributed by atoms with Gasteiger partial charge in [0.05, 0.1) is 18.8 Å². The first kappa shape index (κ1) is 9.98. The Kier molecular flexibility index (Phi) is 2.87. The first-order valence-electron chi connectivity index (χ1n) is 4.83. The summed E-state index contributed by atoms with van der Waals surface area (Å²) in [6.45, 7) is 1.35. The zero-order valence-electron chi connectivity index (χ0n) is 8.18. The molecule has 1 aromatic carbocycles. The van der Waals surface area contributed by atoms with Gasteiger partial charge in [0.1, 0.15) is 11.9 Å². The Bertz CT molecular complexity index is 338. The van der Waals surface area contributed by atoms with Crippen molar-refractivity contribution in [1.82, 2.24) is 0 Å². The van der Waals surface area contributed by atoms with Crippen LogP contribution in [0.1, 0.15) is 16.8 Å². The molecule has 0 aliphatic carbocycles. The van der Waals surface area contributed by atoms with Crippen LogP contribution in [0.3, 0.4) is 0 Å². The summed E-state index contributed by atoms with van der Waals surface area (Å²) in [5, 5.41) is 8.70. The van der Waals surface area contributed by atoms with Gasteiger partial charge in [-0.25, -0.2) is 4.79 Å². The summed E-state index contributed by atoms with van der Waals surface area (Å²) in [5.74, 6) is -0.235. The molecule has 1 heterocycles. The lowest BCUT2D eigenvalue weighted by molar-refractivity contribution is 0.0697. The van der Waals surface area contributed by atoms with Crippen LogP contribution in [-0.4, -0.2) is 30.4 Å². The highest BCUT2D eigenvalue weighted by atomic mass is 16.5. The van der Waals surface area contributed by atoms with E-state index in [1.807, 2.05) is 0 Å². The van der Waals surface area contributed by atoms with Crippen LogP contribution in [0.5, 0.6) is 5.75 Å². The van der Waals surface area contributed by atoms with Crippen LogP contribution in [0, 0.1) is 0 Å². The molecule has 1 fully saturated rings. The smallest absolute Gasteiger partial charge is 0.335 e. The molecular weight excluding hydrogens is 196 g/mol. The SMILES string of the molecule is O=C(O)c1ccc(O[C@@H]2CCOC2)cc1. The van der Waals surface area contributed by atoms with Crippen LogP contribution in [0.25, 0.3) is 0 Å².